The van der Waals surface area contributed by atoms with Gasteiger partial charge in [0.1, 0.15) is 0 Å². The van der Waals surface area contributed by atoms with Gasteiger partial charge in [-0.25, -0.2) is 0 Å². The van der Waals surface area contributed by atoms with Crippen LogP contribution in [0.4, 0.5) is 0 Å². The minimum absolute atomic E-state index is 0.212. The molecule has 0 aromatic rings. The van der Waals surface area contributed by atoms with Crippen molar-refractivity contribution in [3.8, 4) is 6.07 Å². The van der Waals surface area contributed by atoms with Gasteiger partial charge in [0.25, 0.3) is 0 Å². The Labute approximate surface area is 99.2 Å². The number of ether oxygens (including phenoxy) is 1. The number of hydrogen-bond donors (Lipinski definition) is 1. The van der Waals surface area contributed by atoms with E-state index >= 15 is 0 Å². The first kappa shape index (κ1) is 13.5. The van der Waals surface area contributed by atoms with Crippen molar-refractivity contribution >= 4 is 0 Å². The molecule has 0 amide bonds. The fraction of sp³-hybridized carbons (Fsp3) is 0.923. The van der Waals surface area contributed by atoms with E-state index in [0.717, 1.165) is 39.0 Å². The monoisotopic (exact) mass is 224 g/mol. The largest absolute Gasteiger partial charge is 0.380 e. The van der Waals surface area contributed by atoms with Gasteiger partial charge >= 0.3 is 0 Å². The van der Waals surface area contributed by atoms with Gasteiger partial charge in [0.2, 0.25) is 0 Å². The molecule has 0 heterocycles. The van der Waals surface area contributed by atoms with Crippen molar-refractivity contribution in [2.24, 2.45) is 5.92 Å². The number of nitriles is 1. The number of nitrogens with one attached hydrogen (secondary N) is 1. The van der Waals surface area contributed by atoms with Gasteiger partial charge in [0, 0.05) is 19.2 Å². The molecule has 1 fully saturated rings. The molecule has 3 heteroatoms. The Morgan fingerprint density at radius 3 is 2.88 bits per heavy atom. The Bertz CT molecular complexity index is 212. The molecule has 1 rings (SSSR count). The lowest BCUT2D eigenvalue weighted by atomic mass is 9.85. The van der Waals surface area contributed by atoms with E-state index in [1.54, 1.807) is 0 Å². The van der Waals surface area contributed by atoms with Crippen molar-refractivity contribution in [1.29, 1.82) is 5.26 Å². The minimum Gasteiger partial charge on any atom is -0.380 e. The molecule has 92 valence electrons. The summed E-state index contributed by atoms with van der Waals surface area (Å²) in [5, 5.41) is 12.5. The SMILES string of the molecule is CCCCOCCNC1CCCCC1C#N. The first-order valence-corrected chi connectivity index (χ1v) is 6.59. The molecule has 1 aliphatic rings. The molecule has 1 N–H and O–H groups in total. The van der Waals surface area contributed by atoms with E-state index in [9.17, 15) is 0 Å². The maximum atomic E-state index is 9.01. The van der Waals surface area contributed by atoms with Crippen molar-refractivity contribution in [3.63, 3.8) is 0 Å². The maximum absolute atomic E-state index is 9.01. The Morgan fingerprint density at radius 1 is 1.31 bits per heavy atom. The first-order chi connectivity index (χ1) is 7.88. The van der Waals surface area contributed by atoms with E-state index in [4.69, 9.17) is 10.00 Å². The standard InChI is InChI=1S/C13H24N2O/c1-2-3-9-16-10-8-15-13-7-5-4-6-12(13)11-14/h12-13,15H,2-10H2,1H3. The van der Waals surface area contributed by atoms with Crippen LogP contribution in [-0.4, -0.2) is 25.8 Å². The van der Waals surface area contributed by atoms with E-state index < -0.39 is 0 Å². The molecule has 0 saturated heterocycles. The second-order valence-corrected chi connectivity index (χ2v) is 4.55. The summed E-state index contributed by atoms with van der Waals surface area (Å²) in [5.74, 6) is 0.212. The van der Waals surface area contributed by atoms with E-state index in [1.165, 1.54) is 19.3 Å². The molecule has 0 aromatic heterocycles. The molecule has 0 aromatic carbocycles. The summed E-state index contributed by atoms with van der Waals surface area (Å²) < 4.78 is 5.49. The van der Waals surface area contributed by atoms with Gasteiger partial charge < -0.3 is 10.1 Å². The normalized spacial score (nSPS) is 25.2. The summed E-state index contributed by atoms with van der Waals surface area (Å²) in [6.07, 6.45) is 7.00. The van der Waals surface area contributed by atoms with Crippen LogP contribution in [0.1, 0.15) is 45.4 Å². The van der Waals surface area contributed by atoms with Crippen LogP contribution in [0.5, 0.6) is 0 Å². The molecule has 0 radical (unpaired) electrons. The first-order valence-electron chi connectivity index (χ1n) is 6.59. The zero-order valence-corrected chi connectivity index (χ0v) is 10.4. The van der Waals surface area contributed by atoms with Crippen LogP contribution in [0.25, 0.3) is 0 Å². The molecule has 16 heavy (non-hydrogen) atoms. The molecule has 2 atom stereocenters. The molecular formula is C13H24N2O. The van der Waals surface area contributed by atoms with Crippen LogP contribution in [-0.2, 0) is 4.74 Å². The second-order valence-electron chi connectivity index (χ2n) is 4.55. The summed E-state index contributed by atoms with van der Waals surface area (Å²) in [6.45, 7) is 4.69. The summed E-state index contributed by atoms with van der Waals surface area (Å²) in [7, 11) is 0. The topological polar surface area (TPSA) is 45.0 Å². The Morgan fingerprint density at radius 2 is 2.12 bits per heavy atom. The smallest absolute Gasteiger partial charge is 0.0672 e. The maximum Gasteiger partial charge on any atom is 0.0672 e. The molecular weight excluding hydrogens is 200 g/mol. The highest BCUT2D eigenvalue weighted by atomic mass is 16.5. The van der Waals surface area contributed by atoms with Crippen LogP contribution in [0.15, 0.2) is 0 Å². The van der Waals surface area contributed by atoms with Crippen molar-refractivity contribution in [1.82, 2.24) is 5.32 Å². The third kappa shape index (κ3) is 4.96. The van der Waals surface area contributed by atoms with E-state index in [2.05, 4.69) is 18.3 Å². The Kier molecular flexibility index (Phi) is 7.20. The molecule has 1 saturated carbocycles. The summed E-state index contributed by atoms with van der Waals surface area (Å²) in [6, 6.07) is 2.81. The van der Waals surface area contributed by atoms with E-state index in [0.29, 0.717) is 6.04 Å². The highest BCUT2D eigenvalue weighted by molar-refractivity contribution is 4.94. The van der Waals surface area contributed by atoms with Gasteiger partial charge in [-0.15, -0.1) is 0 Å². The lowest BCUT2D eigenvalue weighted by Gasteiger charge is -2.27. The average Bonchev–Trinajstić information content (AvgIpc) is 2.34. The summed E-state index contributed by atoms with van der Waals surface area (Å²) >= 11 is 0. The van der Waals surface area contributed by atoms with Gasteiger partial charge in [-0.1, -0.05) is 26.2 Å². The fourth-order valence-corrected chi connectivity index (χ4v) is 2.19. The lowest BCUT2D eigenvalue weighted by molar-refractivity contribution is 0.127. The molecule has 1 aliphatic carbocycles. The van der Waals surface area contributed by atoms with Gasteiger partial charge in [-0.2, -0.15) is 5.26 Å². The minimum atomic E-state index is 0.212. The van der Waals surface area contributed by atoms with Crippen LogP contribution < -0.4 is 5.32 Å². The number of unbranched alkanes of at least 4 members (excludes halogenated alkanes) is 1. The molecule has 0 aliphatic heterocycles. The van der Waals surface area contributed by atoms with E-state index in [1.807, 2.05) is 0 Å². The number of rotatable bonds is 7. The Balaban J connectivity index is 2.04. The van der Waals surface area contributed by atoms with Crippen molar-refractivity contribution < 1.29 is 4.74 Å². The lowest BCUT2D eigenvalue weighted by Crippen LogP contribution is -2.39. The van der Waals surface area contributed by atoms with E-state index in [-0.39, 0.29) is 5.92 Å². The Hall–Kier alpha value is -0.590. The predicted octanol–water partition coefficient (Wildman–Crippen LogP) is 2.48. The van der Waals surface area contributed by atoms with Crippen LogP contribution in [0, 0.1) is 17.2 Å². The molecule has 0 bridgehead atoms. The highest BCUT2D eigenvalue weighted by Crippen LogP contribution is 2.23. The third-order valence-corrected chi connectivity index (χ3v) is 3.23. The zero-order valence-electron chi connectivity index (χ0n) is 10.4. The van der Waals surface area contributed by atoms with Gasteiger partial charge in [-0.05, 0) is 19.3 Å². The van der Waals surface area contributed by atoms with Crippen LogP contribution in [0.3, 0.4) is 0 Å². The summed E-state index contributed by atoms with van der Waals surface area (Å²) in [5.41, 5.74) is 0. The van der Waals surface area contributed by atoms with Gasteiger partial charge in [0.15, 0.2) is 0 Å². The summed E-state index contributed by atoms with van der Waals surface area (Å²) in [4.78, 5) is 0. The molecule has 2 unspecified atom stereocenters. The van der Waals surface area contributed by atoms with Gasteiger partial charge in [-0.3, -0.25) is 0 Å². The van der Waals surface area contributed by atoms with Crippen LogP contribution in [0.2, 0.25) is 0 Å². The van der Waals surface area contributed by atoms with Crippen molar-refractivity contribution in [2.75, 3.05) is 19.8 Å². The van der Waals surface area contributed by atoms with Crippen molar-refractivity contribution in [2.45, 2.75) is 51.5 Å². The third-order valence-electron chi connectivity index (χ3n) is 3.23. The molecule has 0 spiro atoms. The number of nitrogens with zero attached hydrogens (tertiary/aromatic N) is 1. The predicted molar refractivity (Wildman–Crippen MR) is 65.1 cm³/mol. The average molecular weight is 224 g/mol. The van der Waals surface area contributed by atoms with Crippen LogP contribution >= 0.6 is 0 Å². The zero-order chi connectivity index (χ0) is 11.6. The van der Waals surface area contributed by atoms with Crippen molar-refractivity contribution in [3.05, 3.63) is 0 Å². The number of hydrogen-bond acceptors (Lipinski definition) is 3. The van der Waals surface area contributed by atoms with Gasteiger partial charge in [0.05, 0.1) is 18.6 Å². The molecule has 3 nitrogen and oxygen atoms in total. The highest BCUT2D eigenvalue weighted by Gasteiger charge is 2.23. The fourth-order valence-electron chi connectivity index (χ4n) is 2.19. The quantitative estimate of drug-likeness (QED) is 0.676. The second kappa shape index (κ2) is 8.55.